The number of aliphatic imine (C=N–C) groups is 1. The highest BCUT2D eigenvalue weighted by atomic mass is 16.5. The maximum Gasteiger partial charge on any atom is 0.191 e. The highest BCUT2D eigenvalue weighted by molar-refractivity contribution is 5.79. The molecule has 2 aromatic carbocycles. The number of hydrogen-bond donors (Lipinski definition) is 2. The molecule has 2 aromatic rings. The molecule has 0 aliphatic carbocycles. The van der Waals surface area contributed by atoms with Crippen LogP contribution < -0.4 is 20.1 Å². The lowest BCUT2D eigenvalue weighted by Crippen LogP contribution is -2.38. The molecule has 3 rings (SSSR count). The van der Waals surface area contributed by atoms with E-state index in [0.29, 0.717) is 13.1 Å². The van der Waals surface area contributed by atoms with Gasteiger partial charge in [-0.15, -0.1) is 0 Å². The molecule has 1 aliphatic heterocycles. The number of nitrogens with one attached hydrogen (secondary N) is 2. The fourth-order valence-electron chi connectivity index (χ4n) is 3.55. The summed E-state index contributed by atoms with van der Waals surface area (Å²) in [6.45, 7) is 8.62. The summed E-state index contributed by atoms with van der Waals surface area (Å²) < 4.78 is 16.2. The summed E-state index contributed by atoms with van der Waals surface area (Å²) in [6, 6.07) is 14.4. The van der Waals surface area contributed by atoms with E-state index >= 15 is 0 Å². The van der Waals surface area contributed by atoms with Gasteiger partial charge in [-0.25, -0.2) is 4.99 Å². The van der Waals surface area contributed by atoms with E-state index in [-0.39, 0.29) is 0 Å². The number of methoxy groups -OCH3 is 2. The molecule has 1 heterocycles. The van der Waals surface area contributed by atoms with E-state index in [1.807, 2.05) is 18.2 Å². The first-order valence-corrected chi connectivity index (χ1v) is 10.8. The molecule has 1 fully saturated rings. The lowest BCUT2D eigenvalue weighted by atomic mass is 10.1. The van der Waals surface area contributed by atoms with Gasteiger partial charge in [0.25, 0.3) is 0 Å². The minimum atomic E-state index is 0.512. The van der Waals surface area contributed by atoms with Crippen molar-refractivity contribution in [3.05, 3.63) is 59.2 Å². The van der Waals surface area contributed by atoms with Crippen LogP contribution in [-0.4, -0.2) is 57.9 Å². The van der Waals surface area contributed by atoms with E-state index in [1.165, 1.54) is 11.1 Å². The Hall–Kier alpha value is -2.77. The van der Waals surface area contributed by atoms with E-state index in [2.05, 4.69) is 46.7 Å². The Kier molecular flexibility index (Phi) is 8.99. The van der Waals surface area contributed by atoms with Crippen molar-refractivity contribution in [2.75, 3.05) is 47.1 Å². The SMILES string of the molecule is CCNC(=NCc1ccc(OC)cc1OC)NCc1ccccc1CN1CCOCC1. The van der Waals surface area contributed by atoms with Gasteiger partial charge in [0.15, 0.2) is 5.96 Å². The van der Waals surface area contributed by atoms with Crippen LogP contribution in [0.15, 0.2) is 47.5 Å². The first kappa shape index (κ1) is 22.9. The van der Waals surface area contributed by atoms with Gasteiger partial charge in [-0.2, -0.15) is 0 Å². The zero-order chi connectivity index (χ0) is 21.9. The molecule has 1 saturated heterocycles. The Bertz CT molecular complexity index is 850. The molecule has 0 radical (unpaired) electrons. The molecule has 0 spiro atoms. The monoisotopic (exact) mass is 426 g/mol. The number of hydrogen-bond acceptors (Lipinski definition) is 5. The van der Waals surface area contributed by atoms with Crippen molar-refractivity contribution in [3.8, 4) is 11.5 Å². The van der Waals surface area contributed by atoms with Gasteiger partial charge in [-0.05, 0) is 30.2 Å². The molecule has 0 unspecified atom stereocenters. The quantitative estimate of drug-likeness (QED) is 0.475. The van der Waals surface area contributed by atoms with Gasteiger partial charge in [0.2, 0.25) is 0 Å². The summed E-state index contributed by atoms with van der Waals surface area (Å²) >= 11 is 0. The molecule has 0 saturated carbocycles. The summed E-state index contributed by atoms with van der Waals surface area (Å²) in [6.07, 6.45) is 0. The molecule has 1 aliphatic rings. The lowest BCUT2D eigenvalue weighted by Gasteiger charge is -2.27. The van der Waals surface area contributed by atoms with Gasteiger partial charge < -0.3 is 24.8 Å². The first-order chi connectivity index (χ1) is 15.2. The van der Waals surface area contributed by atoms with Crippen molar-refractivity contribution in [1.29, 1.82) is 0 Å². The van der Waals surface area contributed by atoms with Gasteiger partial charge >= 0.3 is 0 Å². The maximum atomic E-state index is 5.49. The number of rotatable bonds is 9. The van der Waals surface area contributed by atoms with Crippen molar-refractivity contribution >= 4 is 5.96 Å². The van der Waals surface area contributed by atoms with Crippen molar-refractivity contribution in [2.45, 2.75) is 26.6 Å². The van der Waals surface area contributed by atoms with Crippen LogP contribution in [0, 0.1) is 0 Å². The number of nitrogens with zero attached hydrogens (tertiary/aromatic N) is 2. The Balaban J connectivity index is 1.65. The summed E-state index contributed by atoms with van der Waals surface area (Å²) in [7, 11) is 3.31. The smallest absolute Gasteiger partial charge is 0.191 e. The third kappa shape index (κ3) is 6.87. The topological polar surface area (TPSA) is 67.4 Å². The van der Waals surface area contributed by atoms with Crippen molar-refractivity contribution in [3.63, 3.8) is 0 Å². The van der Waals surface area contributed by atoms with Crippen LogP contribution in [0.25, 0.3) is 0 Å². The molecule has 0 atom stereocenters. The fourth-order valence-corrected chi connectivity index (χ4v) is 3.55. The Morgan fingerprint density at radius 1 is 1.00 bits per heavy atom. The molecule has 168 valence electrons. The molecule has 0 amide bonds. The predicted molar refractivity (Wildman–Crippen MR) is 124 cm³/mol. The molecule has 0 bridgehead atoms. The average Bonchev–Trinajstić information content (AvgIpc) is 2.82. The van der Waals surface area contributed by atoms with Gasteiger partial charge in [0.1, 0.15) is 11.5 Å². The van der Waals surface area contributed by atoms with Gasteiger partial charge in [-0.1, -0.05) is 24.3 Å². The van der Waals surface area contributed by atoms with Crippen LogP contribution >= 0.6 is 0 Å². The fraction of sp³-hybridized carbons (Fsp3) is 0.458. The average molecular weight is 427 g/mol. The number of morpholine rings is 1. The Morgan fingerprint density at radius 2 is 1.77 bits per heavy atom. The Labute approximate surface area is 185 Å². The third-order valence-corrected chi connectivity index (χ3v) is 5.31. The number of guanidine groups is 1. The molecule has 7 heteroatoms. The van der Waals surface area contributed by atoms with E-state index < -0.39 is 0 Å². The predicted octanol–water partition coefficient (Wildman–Crippen LogP) is 2.79. The highest BCUT2D eigenvalue weighted by Crippen LogP contribution is 2.25. The minimum absolute atomic E-state index is 0.512. The molecule has 7 nitrogen and oxygen atoms in total. The van der Waals surface area contributed by atoms with Crippen molar-refractivity contribution in [2.24, 2.45) is 4.99 Å². The second-order valence-electron chi connectivity index (χ2n) is 7.38. The lowest BCUT2D eigenvalue weighted by molar-refractivity contribution is 0.0341. The Morgan fingerprint density at radius 3 is 2.48 bits per heavy atom. The van der Waals surface area contributed by atoms with Crippen molar-refractivity contribution < 1.29 is 14.2 Å². The molecule has 0 aromatic heterocycles. The van der Waals surface area contributed by atoms with Crippen LogP contribution in [0.3, 0.4) is 0 Å². The van der Waals surface area contributed by atoms with Crippen LogP contribution in [0.4, 0.5) is 0 Å². The normalized spacial score (nSPS) is 14.9. The van der Waals surface area contributed by atoms with Crippen LogP contribution in [0.1, 0.15) is 23.6 Å². The van der Waals surface area contributed by atoms with E-state index in [1.54, 1.807) is 14.2 Å². The van der Waals surface area contributed by atoms with Crippen LogP contribution in [0.5, 0.6) is 11.5 Å². The van der Waals surface area contributed by atoms with Crippen molar-refractivity contribution in [1.82, 2.24) is 15.5 Å². The van der Waals surface area contributed by atoms with Gasteiger partial charge in [0, 0.05) is 44.4 Å². The summed E-state index contributed by atoms with van der Waals surface area (Å²) in [4.78, 5) is 7.20. The molecule has 31 heavy (non-hydrogen) atoms. The largest absolute Gasteiger partial charge is 0.497 e. The highest BCUT2D eigenvalue weighted by Gasteiger charge is 2.13. The van der Waals surface area contributed by atoms with E-state index in [0.717, 1.165) is 62.4 Å². The minimum Gasteiger partial charge on any atom is -0.497 e. The second-order valence-corrected chi connectivity index (χ2v) is 7.38. The zero-order valence-corrected chi connectivity index (χ0v) is 18.8. The third-order valence-electron chi connectivity index (χ3n) is 5.31. The van der Waals surface area contributed by atoms with Crippen LogP contribution in [-0.2, 0) is 24.4 Å². The molecule has 2 N–H and O–H groups in total. The van der Waals surface area contributed by atoms with E-state index in [9.17, 15) is 0 Å². The molecular weight excluding hydrogens is 392 g/mol. The summed E-state index contributed by atoms with van der Waals surface area (Å²) in [5.41, 5.74) is 3.62. The number of ether oxygens (including phenoxy) is 3. The molecular formula is C24H34N4O3. The van der Waals surface area contributed by atoms with Gasteiger partial charge in [0.05, 0.1) is 34.0 Å². The first-order valence-electron chi connectivity index (χ1n) is 10.8. The number of benzene rings is 2. The van der Waals surface area contributed by atoms with Crippen LogP contribution in [0.2, 0.25) is 0 Å². The van der Waals surface area contributed by atoms with E-state index in [4.69, 9.17) is 19.2 Å². The standard InChI is InChI=1S/C24H34N4O3/c1-4-25-24(27-17-20-9-10-22(29-2)15-23(20)30-3)26-16-19-7-5-6-8-21(19)18-28-11-13-31-14-12-28/h5-10,15H,4,11-14,16-18H2,1-3H3,(H2,25,26,27). The summed E-state index contributed by atoms with van der Waals surface area (Å²) in [5, 5.41) is 6.81. The summed E-state index contributed by atoms with van der Waals surface area (Å²) in [5.74, 6) is 2.32. The second kappa shape index (κ2) is 12.2. The maximum absolute atomic E-state index is 5.49. The zero-order valence-electron chi connectivity index (χ0n) is 18.8. The van der Waals surface area contributed by atoms with Gasteiger partial charge in [-0.3, -0.25) is 4.90 Å².